The molecule has 0 unspecified atom stereocenters. The van der Waals surface area contributed by atoms with E-state index in [-0.39, 0.29) is 0 Å². The van der Waals surface area contributed by atoms with Crippen LogP contribution in [0.5, 0.6) is 0 Å². The molecule has 0 amide bonds. The number of pyridine rings is 2. The van der Waals surface area contributed by atoms with Gasteiger partial charge in [-0.3, -0.25) is 9.97 Å². The fourth-order valence-electron chi connectivity index (χ4n) is 6.82. The van der Waals surface area contributed by atoms with Gasteiger partial charge in [-0.2, -0.15) is 0 Å². The van der Waals surface area contributed by atoms with Crippen molar-refractivity contribution in [1.82, 2.24) is 9.97 Å². The van der Waals surface area contributed by atoms with E-state index in [0.717, 1.165) is 42.6 Å². The predicted octanol–water partition coefficient (Wildman–Crippen LogP) is 13.0. The topological polar surface area (TPSA) is 32.3 Å². The average Bonchev–Trinajstić information content (AvgIpc) is 3.85. The highest BCUT2D eigenvalue weighted by atomic mass is 32.2. The van der Waals surface area contributed by atoms with Gasteiger partial charge in [-0.25, -0.2) is 0 Å². The van der Waals surface area contributed by atoms with Crippen molar-refractivity contribution in [3.8, 4) is 22.3 Å². The van der Waals surface area contributed by atoms with Gasteiger partial charge >= 0.3 is 0 Å². The molecule has 256 valence electrons. The maximum atomic E-state index is 4.77. The molecule has 6 heteroatoms. The Bertz CT molecular complexity index is 2160. The minimum absolute atomic E-state index is 0.415. The summed E-state index contributed by atoms with van der Waals surface area (Å²) in [4.78, 5) is 16.4. The summed E-state index contributed by atoms with van der Waals surface area (Å²) in [5, 5.41) is 2.24. The normalized spacial score (nSPS) is 15.8. The van der Waals surface area contributed by atoms with Crippen molar-refractivity contribution in [2.75, 3.05) is 9.80 Å². The van der Waals surface area contributed by atoms with Gasteiger partial charge in [0.2, 0.25) is 0 Å². The molecule has 0 saturated heterocycles. The fourth-order valence-corrected chi connectivity index (χ4v) is 9.13. The van der Waals surface area contributed by atoms with Crippen molar-refractivity contribution >= 4 is 44.7 Å². The maximum Gasteiger partial charge on any atom is 0.116 e. The molecule has 4 heterocycles. The molecular formula is C46H40N4S2. The molecule has 2 aliphatic rings. The molecular weight excluding hydrogens is 673 g/mol. The van der Waals surface area contributed by atoms with E-state index < -0.39 is 0 Å². The van der Waals surface area contributed by atoms with Crippen molar-refractivity contribution in [2.45, 2.75) is 39.5 Å². The molecule has 0 N–H and O–H groups in total. The number of hydrogen-bond acceptors (Lipinski definition) is 6. The summed E-state index contributed by atoms with van der Waals surface area (Å²) in [7, 11) is 0. The van der Waals surface area contributed by atoms with Gasteiger partial charge in [-0.05, 0) is 93.7 Å². The third-order valence-electron chi connectivity index (χ3n) is 9.40. The monoisotopic (exact) mass is 712 g/mol. The lowest BCUT2D eigenvalue weighted by atomic mass is 9.92. The molecule has 2 aromatic heterocycles. The largest absolute Gasteiger partial charge is 0.308 e. The number of thioether (sulfide) groups is 2. The summed E-state index contributed by atoms with van der Waals surface area (Å²) in [5.41, 5.74) is 11.7. The summed E-state index contributed by atoms with van der Waals surface area (Å²) >= 11 is 3.53. The molecule has 0 radical (unpaired) electrons. The molecule has 0 spiro atoms. The van der Waals surface area contributed by atoms with Crippen molar-refractivity contribution in [1.29, 1.82) is 0 Å². The van der Waals surface area contributed by atoms with Crippen molar-refractivity contribution in [3.63, 3.8) is 0 Å². The van der Waals surface area contributed by atoms with Crippen LogP contribution in [0.3, 0.4) is 0 Å². The van der Waals surface area contributed by atoms with Crippen LogP contribution < -0.4 is 9.80 Å². The van der Waals surface area contributed by atoms with Crippen LogP contribution in [-0.2, 0) is 0 Å². The first kappa shape index (κ1) is 33.8. The van der Waals surface area contributed by atoms with Gasteiger partial charge in [0.1, 0.15) is 10.1 Å². The number of anilines is 2. The predicted molar refractivity (Wildman–Crippen MR) is 224 cm³/mol. The quantitative estimate of drug-likeness (QED) is 0.156. The van der Waals surface area contributed by atoms with Crippen molar-refractivity contribution in [3.05, 3.63) is 191 Å². The van der Waals surface area contributed by atoms with E-state index in [1.807, 2.05) is 24.5 Å². The summed E-state index contributed by atoms with van der Waals surface area (Å²) in [5.74, 6) is 0.830. The van der Waals surface area contributed by atoms with Crippen molar-refractivity contribution < 1.29 is 0 Å². The van der Waals surface area contributed by atoms with Gasteiger partial charge in [0.25, 0.3) is 0 Å². The third-order valence-corrected chi connectivity index (χ3v) is 11.8. The van der Waals surface area contributed by atoms with Crippen LogP contribution >= 0.6 is 23.5 Å². The molecule has 52 heavy (non-hydrogen) atoms. The second-order valence-electron chi connectivity index (χ2n) is 13.6. The first-order valence-electron chi connectivity index (χ1n) is 17.8. The Balaban J connectivity index is 1.29. The van der Waals surface area contributed by atoms with E-state index in [2.05, 4.69) is 171 Å². The van der Waals surface area contributed by atoms with Gasteiger partial charge in [0.05, 0.1) is 21.2 Å². The molecule has 0 saturated carbocycles. The van der Waals surface area contributed by atoms with Gasteiger partial charge in [-0.1, -0.05) is 136 Å². The molecule has 2 aliphatic heterocycles. The molecule has 8 rings (SSSR count). The smallest absolute Gasteiger partial charge is 0.116 e. The van der Waals surface area contributed by atoms with Crippen LogP contribution in [0.4, 0.5) is 11.4 Å². The molecule has 0 bridgehead atoms. The fraction of sp³-hybridized carbons (Fsp3) is 0.130. The molecule has 4 nitrogen and oxygen atoms in total. The lowest BCUT2D eigenvalue weighted by Gasteiger charge is -2.25. The average molecular weight is 713 g/mol. The summed E-state index contributed by atoms with van der Waals surface area (Å²) in [6, 6.07) is 47.6. The minimum Gasteiger partial charge on any atom is -0.308 e. The maximum absolute atomic E-state index is 4.77. The standard InChI is InChI=1S/C46H40N4S2/c1-31(2)37-19-5-7-21-39(37)33-15-13-17-35(27-33)49-29-43(41-23-9-11-25-47-41)51-45(49)46-50(30-44(52-46)42-24-10-12-26-48-42)36-18-14-16-34(28-36)40-22-8-6-20-38(40)32(3)4/h5-32H,1-4H3/b46-45+. The highest BCUT2D eigenvalue weighted by Gasteiger charge is 2.33. The van der Waals surface area contributed by atoms with Gasteiger partial charge < -0.3 is 9.80 Å². The number of rotatable bonds is 8. The zero-order valence-corrected chi connectivity index (χ0v) is 31.4. The Kier molecular flexibility index (Phi) is 9.59. The highest BCUT2D eigenvalue weighted by Crippen LogP contribution is 2.54. The van der Waals surface area contributed by atoms with E-state index in [0.29, 0.717) is 11.8 Å². The van der Waals surface area contributed by atoms with Crippen molar-refractivity contribution in [2.24, 2.45) is 0 Å². The van der Waals surface area contributed by atoms with Gasteiger partial charge in [0, 0.05) is 36.2 Å². The Hall–Kier alpha value is -5.30. The third kappa shape index (κ3) is 6.72. The van der Waals surface area contributed by atoms with Crippen LogP contribution in [0, 0.1) is 0 Å². The lowest BCUT2D eigenvalue weighted by molar-refractivity contribution is 0.869. The van der Waals surface area contributed by atoms with Crippen LogP contribution in [-0.4, -0.2) is 9.97 Å². The van der Waals surface area contributed by atoms with Crippen LogP contribution in [0.1, 0.15) is 62.0 Å². The van der Waals surface area contributed by atoms with E-state index in [1.54, 1.807) is 23.5 Å². The van der Waals surface area contributed by atoms with Gasteiger partial charge in [-0.15, -0.1) is 0 Å². The Morgan fingerprint density at radius 1 is 0.462 bits per heavy atom. The van der Waals surface area contributed by atoms with E-state index >= 15 is 0 Å². The van der Waals surface area contributed by atoms with Crippen LogP contribution in [0.15, 0.2) is 168 Å². The Morgan fingerprint density at radius 3 is 1.29 bits per heavy atom. The second kappa shape index (κ2) is 14.7. The zero-order chi connectivity index (χ0) is 35.6. The number of aromatic nitrogens is 2. The Morgan fingerprint density at radius 2 is 0.885 bits per heavy atom. The highest BCUT2D eigenvalue weighted by molar-refractivity contribution is 8.15. The molecule has 0 fully saturated rings. The Labute approximate surface area is 315 Å². The van der Waals surface area contributed by atoms with E-state index in [9.17, 15) is 0 Å². The number of benzene rings is 4. The van der Waals surface area contributed by atoms with Gasteiger partial charge in [0.15, 0.2) is 0 Å². The lowest BCUT2D eigenvalue weighted by Crippen LogP contribution is -2.18. The van der Waals surface area contributed by atoms with E-state index in [4.69, 9.17) is 9.97 Å². The SMILES string of the molecule is CC(C)c1ccccc1-c1cccc(N2C=C(c3ccccn3)S/C2=C2/SC(c3ccccn3)=CN2c2cccc(-c3ccccc3C(C)C)c2)c1. The van der Waals surface area contributed by atoms with Crippen LogP contribution in [0.2, 0.25) is 0 Å². The molecule has 6 aromatic rings. The summed E-state index contributed by atoms with van der Waals surface area (Å²) < 4.78 is 0. The van der Waals surface area contributed by atoms with Crippen LogP contribution in [0.25, 0.3) is 32.1 Å². The summed E-state index contributed by atoms with van der Waals surface area (Å²) in [6.07, 6.45) is 8.23. The zero-order valence-electron chi connectivity index (χ0n) is 29.8. The number of nitrogens with zero attached hydrogens (tertiary/aromatic N) is 4. The second-order valence-corrected chi connectivity index (χ2v) is 15.6. The van der Waals surface area contributed by atoms with E-state index in [1.165, 1.54) is 33.4 Å². The summed E-state index contributed by atoms with van der Waals surface area (Å²) in [6.45, 7) is 9.05. The minimum atomic E-state index is 0.415. The first-order valence-corrected chi connectivity index (χ1v) is 19.4. The molecule has 0 atom stereocenters. The molecule has 4 aromatic carbocycles. The first-order chi connectivity index (χ1) is 25.4. The number of hydrogen-bond donors (Lipinski definition) is 0. The molecule has 0 aliphatic carbocycles.